The van der Waals surface area contributed by atoms with Crippen LogP contribution in [0.5, 0.6) is 0 Å². The van der Waals surface area contributed by atoms with E-state index in [0.29, 0.717) is 13.2 Å². The van der Waals surface area contributed by atoms with Crippen LogP contribution in [0.4, 0.5) is 0 Å². The van der Waals surface area contributed by atoms with Crippen molar-refractivity contribution < 1.29 is 9.53 Å². The molecule has 0 radical (unpaired) electrons. The lowest BCUT2D eigenvalue weighted by Crippen LogP contribution is -2.44. The third-order valence-corrected chi connectivity index (χ3v) is 3.27. The van der Waals surface area contributed by atoms with Crippen LogP contribution in [0.15, 0.2) is 36.5 Å². The number of amides is 1. The van der Waals surface area contributed by atoms with Crippen LogP contribution in [0.3, 0.4) is 0 Å². The molecule has 0 bridgehead atoms. The fourth-order valence-corrected chi connectivity index (χ4v) is 2.11. The van der Waals surface area contributed by atoms with Crippen LogP contribution < -0.4 is 5.32 Å². The van der Waals surface area contributed by atoms with E-state index in [0.717, 1.165) is 16.8 Å². The van der Waals surface area contributed by atoms with Crippen LogP contribution in [0, 0.1) is 0 Å². The SMILES string of the molecule is CCOC(C)(C)C(=O)NCc1cn[nH]c1-c1ccccc1. The number of nitrogens with zero attached hydrogens (tertiary/aromatic N) is 1. The van der Waals surface area contributed by atoms with Gasteiger partial charge in [0.15, 0.2) is 0 Å². The molecule has 0 saturated heterocycles. The van der Waals surface area contributed by atoms with Gasteiger partial charge in [0.1, 0.15) is 5.60 Å². The van der Waals surface area contributed by atoms with Crippen molar-refractivity contribution in [2.45, 2.75) is 32.9 Å². The summed E-state index contributed by atoms with van der Waals surface area (Å²) in [4.78, 5) is 12.1. The summed E-state index contributed by atoms with van der Waals surface area (Å²) >= 11 is 0. The van der Waals surface area contributed by atoms with Crippen molar-refractivity contribution in [1.82, 2.24) is 15.5 Å². The van der Waals surface area contributed by atoms with Crippen molar-refractivity contribution in [3.63, 3.8) is 0 Å². The highest BCUT2D eigenvalue weighted by atomic mass is 16.5. The minimum absolute atomic E-state index is 0.135. The summed E-state index contributed by atoms with van der Waals surface area (Å²) in [7, 11) is 0. The maximum absolute atomic E-state index is 12.1. The Morgan fingerprint density at radius 3 is 2.71 bits per heavy atom. The van der Waals surface area contributed by atoms with Crippen molar-refractivity contribution in [3.8, 4) is 11.3 Å². The molecule has 2 N–H and O–H groups in total. The predicted molar refractivity (Wildman–Crippen MR) is 81.6 cm³/mol. The number of benzene rings is 1. The topological polar surface area (TPSA) is 67.0 Å². The van der Waals surface area contributed by atoms with Crippen LogP contribution in [-0.2, 0) is 16.1 Å². The van der Waals surface area contributed by atoms with Gasteiger partial charge in [-0.25, -0.2) is 0 Å². The lowest BCUT2D eigenvalue weighted by Gasteiger charge is -2.23. The first-order chi connectivity index (χ1) is 10.0. The number of carbonyl (C=O) groups is 1. The molecule has 1 amide bonds. The summed E-state index contributed by atoms with van der Waals surface area (Å²) in [6.07, 6.45) is 1.73. The van der Waals surface area contributed by atoms with Crippen molar-refractivity contribution in [1.29, 1.82) is 0 Å². The monoisotopic (exact) mass is 287 g/mol. The molecule has 1 aromatic carbocycles. The lowest BCUT2D eigenvalue weighted by atomic mass is 10.1. The molecular weight excluding hydrogens is 266 g/mol. The van der Waals surface area contributed by atoms with Gasteiger partial charge < -0.3 is 10.1 Å². The number of nitrogens with one attached hydrogen (secondary N) is 2. The highest BCUT2D eigenvalue weighted by molar-refractivity contribution is 5.84. The Morgan fingerprint density at radius 1 is 1.33 bits per heavy atom. The third-order valence-electron chi connectivity index (χ3n) is 3.27. The van der Waals surface area contributed by atoms with Gasteiger partial charge in [-0.15, -0.1) is 0 Å². The smallest absolute Gasteiger partial charge is 0.251 e. The number of carbonyl (C=O) groups excluding carboxylic acids is 1. The van der Waals surface area contributed by atoms with Crippen molar-refractivity contribution in [3.05, 3.63) is 42.1 Å². The van der Waals surface area contributed by atoms with Gasteiger partial charge in [-0.3, -0.25) is 9.89 Å². The average molecular weight is 287 g/mol. The van der Waals surface area contributed by atoms with Gasteiger partial charge in [0.2, 0.25) is 0 Å². The zero-order chi connectivity index (χ0) is 15.3. The van der Waals surface area contributed by atoms with Crippen molar-refractivity contribution in [2.75, 3.05) is 6.61 Å². The highest BCUT2D eigenvalue weighted by Gasteiger charge is 2.27. The standard InChI is InChI=1S/C16H21N3O2/c1-4-21-16(2,3)15(20)17-10-13-11-18-19-14(13)12-8-6-5-7-9-12/h5-9,11H,4,10H2,1-3H3,(H,17,20)(H,18,19). The van der Waals surface area contributed by atoms with E-state index in [4.69, 9.17) is 4.74 Å². The second-order valence-corrected chi connectivity index (χ2v) is 5.26. The van der Waals surface area contributed by atoms with Crippen LogP contribution in [-0.4, -0.2) is 28.3 Å². The van der Waals surface area contributed by atoms with Crippen LogP contribution >= 0.6 is 0 Å². The van der Waals surface area contributed by atoms with E-state index >= 15 is 0 Å². The summed E-state index contributed by atoms with van der Waals surface area (Å²) in [5.74, 6) is -0.135. The molecule has 112 valence electrons. The lowest BCUT2D eigenvalue weighted by molar-refractivity contribution is -0.142. The zero-order valence-corrected chi connectivity index (χ0v) is 12.6. The number of aromatic nitrogens is 2. The molecule has 5 nitrogen and oxygen atoms in total. The van der Waals surface area contributed by atoms with E-state index < -0.39 is 5.60 Å². The maximum atomic E-state index is 12.1. The van der Waals surface area contributed by atoms with E-state index in [1.165, 1.54) is 0 Å². The molecule has 0 aliphatic rings. The molecule has 21 heavy (non-hydrogen) atoms. The first-order valence-corrected chi connectivity index (χ1v) is 7.04. The molecule has 0 saturated carbocycles. The van der Waals surface area contributed by atoms with Gasteiger partial charge >= 0.3 is 0 Å². The summed E-state index contributed by atoms with van der Waals surface area (Å²) < 4.78 is 5.44. The van der Waals surface area contributed by atoms with Crippen molar-refractivity contribution >= 4 is 5.91 Å². The number of hydrogen-bond acceptors (Lipinski definition) is 3. The van der Waals surface area contributed by atoms with Gasteiger partial charge in [0.25, 0.3) is 5.91 Å². The van der Waals surface area contributed by atoms with Gasteiger partial charge in [-0.05, 0) is 26.3 Å². The highest BCUT2D eigenvalue weighted by Crippen LogP contribution is 2.20. The number of rotatable bonds is 6. The molecule has 0 aliphatic carbocycles. The number of hydrogen-bond donors (Lipinski definition) is 2. The molecule has 1 aromatic heterocycles. The van der Waals surface area contributed by atoms with Crippen molar-refractivity contribution in [2.24, 2.45) is 0 Å². The number of aromatic amines is 1. The molecule has 0 atom stereocenters. The molecule has 0 unspecified atom stereocenters. The van der Waals surface area contributed by atoms with Crippen LogP contribution in [0.25, 0.3) is 11.3 Å². The van der Waals surface area contributed by atoms with E-state index in [1.807, 2.05) is 37.3 Å². The number of ether oxygens (including phenoxy) is 1. The predicted octanol–water partition coefficient (Wildman–Crippen LogP) is 2.51. The molecule has 0 aliphatic heterocycles. The van der Waals surface area contributed by atoms with Crippen LogP contribution in [0.1, 0.15) is 26.3 Å². The average Bonchev–Trinajstić information content (AvgIpc) is 2.94. The Labute approximate surface area is 124 Å². The van der Waals surface area contributed by atoms with Gasteiger partial charge in [-0.2, -0.15) is 5.10 Å². The first-order valence-electron chi connectivity index (χ1n) is 7.04. The molecule has 2 aromatic rings. The second-order valence-electron chi connectivity index (χ2n) is 5.26. The number of H-pyrrole nitrogens is 1. The Bertz CT molecular complexity index is 591. The van der Waals surface area contributed by atoms with Gasteiger partial charge in [-0.1, -0.05) is 30.3 Å². The second kappa shape index (κ2) is 6.54. The Morgan fingerprint density at radius 2 is 2.05 bits per heavy atom. The summed E-state index contributed by atoms with van der Waals surface area (Å²) in [6, 6.07) is 9.91. The summed E-state index contributed by atoms with van der Waals surface area (Å²) in [5, 5.41) is 9.94. The van der Waals surface area contributed by atoms with E-state index in [9.17, 15) is 4.79 Å². The first kappa shape index (κ1) is 15.3. The maximum Gasteiger partial charge on any atom is 0.251 e. The molecule has 0 spiro atoms. The largest absolute Gasteiger partial charge is 0.366 e. The normalized spacial score (nSPS) is 11.4. The Balaban J connectivity index is 2.06. The van der Waals surface area contributed by atoms with Gasteiger partial charge in [0.05, 0.1) is 11.9 Å². The fraction of sp³-hybridized carbons (Fsp3) is 0.375. The van der Waals surface area contributed by atoms with E-state index in [-0.39, 0.29) is 5.91 Å². The summed E-state index contributed by atoms with van der Waals surface area (Å²) in [5.41, 5.74) is 2.08. The van der Waals surface area contributed by atoms with E-state index in [2.05, 4.69) is 15.5 Å². The minimum Gasteiger partial charge on any atom is -0.366 e. The Hall–Kier alpha value is -2.14. The fourth-order valence-electron chi connectivity index (χ4n) is 2.11. The summed E-state index contributed by atoms with van der Waals surface area (Å²) in [6.45, 7) is 6.31. The molecule has 0 fully saturated rings. The zero-order valence-electron chi connectivity index (χ0n) is 12.6. The van der Waals surface area contributed by atoms with Gasteiger partial charge in [0, 0.05) is 18.7 Å². The Kier molecular flexibility index (Phi) is 4.75. The quantitative estimate of drug-likeness (QED) is 0.858. The third kappa shape index (κ3) is 3.70. The molecular formula is C16H21N3O2. The molecule has 2 rings (SSSR count). The minimum atomic E-state index is -0.828. The van der Waals surface area contributed by atoms with Crippen LogP contribution in [0.2, 0.25) is 0 Å². The van der Waals surface area contributed by atoms with E-state index in [1.54, 1.807) is 20.0 Å². The molecule has 5 heteroatoms. The molecule has 1 heterocycles.